The van der Waals surface area contributed by atoms with Gasteiger partial charge in [-0.1, -0.05) is 36.8 Å². The average Bonchev–Trinajstić information content (AvgIpc) is 2.39. The van der Waals surface area contributed by atoms with E-state index in [4.69, 9.17) is 0 Å². The Bertz CT molecular complexity index is 472. The van der Waals surface area contributed by atoms with Crippen LogP contribution in [0, 0.1) is 5.41 Å². The third-order valence-electron chi connectivity index (χ3n) is 4.40. The molecule has 116 valence electrons. The van der Waals surface area contributed by atoms with Gasteiger partial charge in [0, 0.05) is 13.1 Å². The van der Waals surface area contributed by atoms with E-state index < -0.39 is 5.60 Å². The first-order valence-electron chi connectivity index (χ1n) is 7.92. The van der Waals surface area contributed by atoms with Gasteiger partial charge in [0.25, 0.3) is 0 Å². The van der Waals surface area contributed by atoms with Gasteiger partial charge in [0.15, 0.2) is 0 Å². The first-order valence-corrected chi connectivity index (χ1v) is 7.92. The van der Waals surface area contributed by atoms with Crippen LogP contribution in [0.25, 0.3) is 0 Å². The number of benzene rings is 1. The van der Waals surface area contributed by atoms with Crippen molar-refractivity contribution in [3.05, 3.63) is 35.9 Å². The maximum Gasteiger partial charge on any atom is 0.229 e. The number of hydrogen-bond acceptors (Lipinski definition) is 2. The molecule has 3 nitrogen and oxygen atoms in total. The summed E-state index contributed by atoms with van der Waals surface area (Å²) in [5.74, 6) is 0.210. The molecule has 1 aliphatic carbocycles. The third kappa shape index (κ3) is 3.85. The number of amides is 1. The van der Waals surface area contributed by atoms with Crippen LogP contribution >= 0.6 is 0 Å². The van der Waals surface area contributed by atoms with Crippen LogP contribution in [0.1, 0.15) is 45.6 Å². The van der Waals surface area contributed by atoms with Crippen LogP contribution in [0.5, 0.6) is 0 Å². The SMILES string of the molecule is CCN(CC(C)(C)O)C(=O)C1(Cc2ccccc2)CCC1. The van der Waals surface area contributed by atoms with E-state index in [0.29, 0.717) is 13.1 Å². The van der Waals surface area contributed by atoms with Crippen LogP contribution in [0.2, 0.25) is 0 Å². The first-order chi connectivity index (χ1) is 9.86. The molecule has 0 bridgehead atoms. The molecule has 1 aliphatic rings. The van der Waals surface area contributed by atoms with Gasteiger partial charge < -0.3 is 10.0 Å². The molecule has 0 atom stereocenters. The van der Waals surface area contributed by atoms with Crippen LogP contribution in [0.15, 0.2) is 30.3 Å². The molecule has 2 rings (SSSR count). The smallest absolute Gasteiger partial charge is 0.229 e. The second kappa shape index (κ2) is 6.18. The second-order valence-corrected chi connectivity index (χ2v) is 6.93. The molecule has 3 heteroatoms. The van der Waals surface area contributed by atoms with Crippen molar-refractivity contribution in [1.29, 1.82) is 0 Å². The summed E-state index contributed by atoms with van der Waals surface area (Å²) < 4.78 is 0. The van der Waals surface area contributed by atoms with Gasteiger partial charge in [-0.25, -0.2) is 0 Å². The van der Waals surface area contributed by atoms with Crippen molar-refractivity contribution in [3.8, 4) is 0 Å². The molecular weight excluding hydrogens is 262 g/mol. The molecule has 1 fully saturated rings. The molecule has 0 heterocycles. The number of aliphatic hydroxyl groups is 1. The Morgan fingerprint density at radius 2 is 1.90 bits per heavy atom. The number of carbonyl (C=O) groups is 1. The highest BCUT2D eigenvalue weighted by Gasteiger charge is 2.46. The Morgan fingerprint density at radius 1 is 1.29 bits per heavy atom. The minimum absolute atomic E-state index is 0.210. The lowest BCUT2D eigenvalue weighted by Gasteiger charge is -2.44. The normalized spacial score (nSPS) is 17.1. The molecule has 0 saturated heterocycles. The first kappa shape index (κ1) is 16.0. The van der Waals surface area contributed by atoms with Crippen LogP contribution in [0.4, 0.5) is 0 Å². The number of hydrogen-bond donors (Lipinski definition) is 1. The van der Waals surface area contributed by atoms with Gasteiger partial charge in [-0.3, -0.25) is 4.79 Å². The fourth-order valence-corrected chi connectivity index (χ4v) is 3.19. The van der Waals surface area contributed by atoms with E-state index in [1.807, 2.05) is 30.0 Å². The van der Waals surface area contributed by atoms with Crippen molar-refractivity contribution in [1.82, 2.24) is 4.90 Å². The number of carbonyl (C=O) groups excluding carboxylic acids is 1. The molecule has 0 radical (unpaired) electrons. The highest BCUT2D eigenvalue weighted by Crippen LogP contribution is 2.45. The molecule has 1 N–H and O–H groups in total. The Morgan fingerprint density at radius 3 is 2.33 bits per heavy atom. The maximum atomic E-state index is 13.0. The van der Waals surface area contributed by atoms with Gasteiger partial charge >= 0.3 is 0 Å². The summed E-state index contributed by atoms with van der Waals surface area (Å²) in [6.07, 6.45) is 3.86. The zero-order chi connectivity index (χ0) is 15.5. The average molecular weight is 289 g/mol. The quantitative estimate of drug-likeness (QED) is 0.874. The van der Waals surface area contributed by atoms with Gasteiger partial charge in [-0.2, -0.15) is 0 Å². The molecule has 21 heavy (non-hydrogen) atoms. The lowest BCUT2D eigenvalue weighted by molar-refractivity contribution is -0.150. The lowest BCUT2D eigenvalue weighted by atomic mass is 9.64. The fraction of sp³-hybridized carbons (Fsp3) is 0.611. The van der Waals surface area contributed by atoms with E-state index in [-0.39, 0.29) is 11.3 Å². The van der Waals surface area contributed by atoms with Crippen molar-refractivity contribution >= 4 is 5.91 Å². The Labute approximate surface area is 128 Å². The van der Waals surface area contributed by atoms with Crippen molar-refractivity contribution < 1.29 is 9.90 Å². The Kier molecular flexibility index (Phi) is 4.72. The summed E-state index contributed by atoms with van der Waals surface area (Å²) >= 11 is 0. The summed E-state index contributed by atoms with van der Waals surface area (Å²) in [6, 6.07) is 10.3. The summed E-state index contributed by atoms with van der Waals surface area (Å²) in [6.45, 7) is 6.55. The topological polar surface area (TPSA) is 40.5 Å². The number of rotatable bonds is 6. The zero-order valence-corrected chi connectivity index (χ0v) is 13.4. The van der Waals surface area contributed by atoms with Crippen LogP contribution in [-0.4, -0.2) is 34.6 Å². The summed E-state index contributed by atoms with van der Waals surface area (Å²) in [4.78, 5) is 14.8. The summed E-state index contributed by atoms with van der Waals surface area (Å²) in [7, 11) is 0. The molecule has 1 aromatic rings. The molecule has 1 aromatic carbocycles. The van der Waals surface area contributed by atoms with E-state index >= 15 is 0 Å². The van der Waals surface area contributed by atoms with E-state index in [0.717, 1.165) is 25.7 Å². The molecule has 0 aromatic heterocycles. The molecule has 0 aliphatic heterocycles. The minimum Gasteiger partial charge on any atom is -0.389 e. The number of nitrogens with zero attached hydrogens (tertiary/aromatic N) is 1. The molecular formula is C18H27NO2. The summed E-state index contributed by atoms with van der Waals surface area (Å²) in [5, 5.41) is 10.0. The maximum absolute atomic E-state index is 13.0. The van der Waals surface area contributed by atoms with E-state index in [1.165, 1.54) is 5.56 Å². The van der Waals surface area contributed by atoms with Crippen molar-refractivity contribution in [2.45, 2.75) is 52.1 Å². The summed E-state index contributed by atoms with van der Waals surface area (Å²) in [5.41, 5.74) is 0.135. The lowest BCUT2D eigenvalue weighted by Crippen LogP contribution is -2.52. The predicted octanol–water partition coefficient (Wildman–Crippen LogP) is 3.02. The largest absolute Gasteiger partial charge is 0.389 e. The highest BCUT2D eigenvalue weighted by molar-refractivity contribution is 5.84. The monoisotopic (exact) mass is 289 g/mol. The van der Waals surface area contributed by atoms with E-state index in [9.17, 15) is 9.90 Å². The van der Waals surface area contributed by atoms with Gasteiger partial charge in [0.2, 0.25) is 5.91 Å². The van der Waals surface area contributed by atoms with E-state index in [2.05, 4.69) is 12.1 Å². The standard InChI is InChI=1S/C18H27NO2/c1-4-19(14-17(2,3)21)16(20)18(11-8-12-18)13-15-9-6-5-7-10-15/h5-7,9-10,21H,4,8,11-14H2,1-3H3. The third-order valence-corrected chi connectivity index (χ3v) is 4.40. The fourth-order valence-electron chi connectivity index (χ4n) is 3.19. The predicted molar refractivity (Wildman–Crippen MR) is 85.0 cm³/mol. The van der Waals surface area contributed by atoms with Crippen molar-refractivity contribution in [3.63, 3.8) is 0 Å². The molecule has 0 unspecified atom stereocenters. The van der Waals surface area contributed by atoms with Gasteiger partial charge in [-0.15, -0.1) is 0 Å². The van der Waals surface area contributed by atoms with Crippen molar-refractivity contribution in [2.75, 3.05) is 13.1 Å². The van der Waals surface area contributed by atoms with Crippen molar-refractivity contribution in [2.24, 2.45) is 5.41 Å². The van der Waals surface area contributed by atoms with Crippen LogP contribution in [0.3, 0.4) is 0 Å². The number of likely N-dealkylation sites (N-methyl/N-ethyl adjacent to an activating group) is 1. The van der Waals surface area contributed by atoms with Gasteiger partial charge in [0.05, 0.1) is 11.0 Å². The Balaban J connectivity index is 2.13. The van der Waals surface area contributed by atoms with E-state index in [1.54, 1.807) is 13.8 Å². The molecule has 0 spiro atoms. The minimum atomic E-state index is -0.844. The Hall–Kier alpha value is -1.35. The van der Waals surface area contributed by atoms with Gasteiger partial charge in [0.1, 0.15) is 0 Å². The highest BCUT2D eigenvalue weighted by atomic mass is 16.3. The molecule has 1 amide bonds. The molecule has 1 saturated carbocycles. The second-order valence-electron chi connectivity index (χ2n) is 6.93. The zero-order valence-electron chi connectivity index (χ0n) is 13.4. The van der Waals surface area contributed by atoms with Crippen LogP contribution < -0.4 is 0 Å². The van der Waals surface area contributed by atoms with Gasteiger partial charge in [-0.05, 0) is 45.6 Å². The van der Waals surface area contributed by atoms with Crippen LogP contribution in [-0.2, 0) is 11.2 Å².